The Kier molecular flexibility index (Phi) is 4.65. The summed E-state index contributed by atoms with van der Waals surface area (Å²) in [6.07, 6.45) is 1.22. The van der Waals surface area contributed by atoms with Gasteiger partial charge in [0.1, 0.15) is 11.2 Å². The first kappa shape index (κ1) is 16.2. The molecule has 2 rings (SSSR count). The van der Waals surface area contributed by atoms with Gasteiger partial charge in [0.05, 0.1) is 6.42 Å². The number of ketones is 1. The summed E-state index contributed by atoms with van der Waals surface area (Å²) in [6, 6.07) is 4.95. The molecule has 1 aromatic carbocycles. The highest BCUT2D eigenvalue weighted by Crippen LogP contribution is 2.34. The van der Waals surface area contributed by atoms with Gasteiger partial charge in [-0.15, -0.1) is 11.8 Å². The number of carbonyl (C=O) groups excluding carboxylic acids is 2. The number of rotatable bonds is 5. The van der Waals surface area contributed by atoms with E-state index in [1.165, 1.54) is 35.8 Å². The second-order valence-corrected chi connectivity index (χ2v) is 5.72. The topological polar surface area (TPSA) is 74.7 Å². The molecule has 0 saturated carbocycles. The number of hydrogen-bond acceptors (Lipinski definition) is 4. The Morgan fingerprint density at radius 2 is 1.91 bits per heavy atom. The average molecular weight is 323 g/mol. The smallest absolute Gasteiger partial charge is 0.308 e. The highest BCUT2D eigenvalue weighted by Gasteiger charge is 2.40. The van der Waals surface area contributed by atoms with Crippen molar-refractivity contribution in [3.63, 3.8) is 0 Å². The lowest BCUT2D eigenvalue weighted by Crippen LogP contribution is -2.30. The molecular weight excluding hydrogens is 309 g/mol. The summed E-state index contributed by atoms with van der Waals surface area (Å²) in [7, 11) is 1.52. The number of thioether (sulfide) groups is 1. The van der Waals surface area contributed by atoms with Gasteiger partial charge in [0.25, 0.3) is 5.91 Å². The van der Waals surface area contributed by atoms with Crippen LogP contribution in [0, 0.1) is 5.82 Å². The SMILES string of the molecule is CSC1C(C(=O)c2ccc(F)cc2)=C(CC(=O)O)C(=O)N1C. The molecule has 1 aromatic rings. The van der Waals surface area contributed by atoms with Crippen molar-refractivity contribution in [2.24, 2.45) is 0 Å². The fraction of sp³-hybridized carbons (Fsp3) is 0.267. The summed E-state index contributed by atoms with van der Waals surface area (Å²) in [5, 5.41) is 8.43. The molecule has 1 aliphatic rings. The molecule has 22 heavy (non-hydrogen) atoms. The molecule has 0 radical (unpaired) electrons. The number of nitrogens with zero attached hydrogens (tertiary/aromatic N) is 1. The van der Waals surface area contributed by atoms with Crippen molar-refractivity contribution >= 4 is 29.4 Å². The molecule has 1 N–H and O–H groups in total. The van der Waals surface area contributed by atoms with E-state index in [4.69, 9.17) is 5.11 Å². The number of aliphatic carboxylic acids is 1. The van der Waals surface area contributed by atoms with E-state index in [2.05, 4.69) is 0 Å². The van der Waals surface area contributed by atoms with E-state index in [9.17, 15) is 18.8 Å². The summed E-state index contributed by atoms with van der Waals surface area (Å²) in [5.41, 5.74) is 0.374. The van der Waals surface area contributed by atoms with Crippen molar-refractivity contribution in [3.8, 4) is 0 Å². The summed E-state index contributed by atoms with van der Waals surface area (Å²) >= 11 is 1.27. The van der Waals surface area contributed by atoms with Crippen molar-refractivity contribution in [1.82, 2.24) is 4.90 Å². The number of benzene rings is 1. The second-order valence-electron chi connectivity index (χ2n) is 4.80. The van der Waals surface area contributed by atoms with Gasteiger partial charge >= 0.3 is 5.97 Å². The van der Waals surface area contributed by atoms with Crippen LogP contribution in [0.3, 0.4) is 0 Å². The molecule has 1 atom stereocenters. The lowest BCUT2D eigenvalue weighted by atomic mass is 9.98. The Bertz CT molecular complexity index is 669. The minimum Gasteiger partial charge on any atom is -0.481 e. The van der Waals surface area contributed by atoms with Crippen LogP contribution >= 0.6 is 11.8 Å². The number of hydrogen-bond donors (Lipinski definition) is 1. The Morgan fingerprint density at radius 3 is 2.41 bits per heavy atom. The van der Waals surface area contributed by atoms with Gasteiger partial charge in [0, 0.05) is 23.8 Å². The molecule has 1 amide bonds. The Labute approximate surface area is 130 Å². The van der Waals surface area contributed by atoms with Crippen molar-refractivity contribution < 1.29 is 23.9 Å². The van der Waals surface area contributed by atoms with E-state index >= 15 is 0 Å². The Balaban J connectivity index is 2.51. The van der Waals surface area contributed by atoms with Crippen LogP contribution < -0.4 is 0 Å². The number of likely N-dealkylation sites (N-methyl/N-ethyl adjacent to an activating group) is 1. The number of carboxylic acids is 1. The van der Waals surface area contributed by atoms with E-state index < -0.39 is 35.3 Å². The maximum atomic E-state index is 13.0. The van der Waals surface area contributed by atoms with Crippen LogP contribution in [0.5, 0.6) is 0 Å². The highest BCUT2D eigenvalue weighted by atomic mass is 32.2. The predicted octanol–water partition coefficient (Wildman–Crippen LogP) is 1.94. The molecule has 1 unspecified atom stereocenters. The molecule has 0 fully saturated rings. The minimum absolute atomic E-state index is 0.0105. The quantitative estimate of drug-likeness (QED) is 0.838. The van der Waals surface area contributed by atoms with Crippen LogP contribution in [-0.2, 0) is 9.59 Å². The third-order valence-corrected chi connectivity index (χ3v) is 4.40. The van der Waals surface area contributed by atoms with E-state index in [1.807, 2.05) is 0 Å². The summed E-state index contributed by atoms with van der Waals surface area (Å²) in [4.78, 5) is 37.2. The zero-order chi connectivity index (χ0) is 16.4. The number of Topliss-reactive ketones (excluding diaryl/α,β-unsaturated/α-hetero) is 1. The zero-order valence-electron chi connectivity index (χ0n) is 12.0. The Hall–Kier alpha value is -2.15. The fourth-order valence-electron chi connectivity index (χ4n) is 2.38. The molecule has 0 saturated heterocycles. The molecule has 0 spiro atoms. The van der Waals surface area contributed by atoms with E-state index in [0.717, 1.165) is 12.1 Å². The maximum absolute atomic E-state index is 13.0. The number of carboxylic acid groups (broad SMARTS) is 1. The highest BCUT2D eigenvalue weighted by molar-refractivity contribution is 7.99. The molecule has 5 nitrogen and oxygen atoms in total. The maximum Gasteiger partial charge on any atom is 0.308 e. The monoisotopic (exact) mass is 323 g/mol. The Morgan fingerprint density at radius 1 is 1.32 bits per heavy atom. The standard InChI is InChI=1S/C15H14FNO4S/c1-17-14(21)10(7-11(18)19)12(15(17)22-2)13(20)8-3-5-9(16)6-4-8/h3-6,15H,7H2,1-2H3,(H,18,19). The van der Waals surface area contributed by atoms with Crippen LogP contribution in [0.15, 0.2) is 35.4 Å². The van der Waals surface area contributed by atoms with Gasteiger partial charge in [-0.3, -0.25) is 14.4 Å². The second kappa shape index (κ2) is 6.31. The number of amides is 1. The van der Waals surface area contributed by atoms with Crippen LogP contribution in [0.1, 0.15) is 16.8 Å². The van der Waals surface area contributed by atoms with Gasteiger partial charge in [0.15, 0.2) is 5.78 Å². The molecule has 0 bridgehead atoms. The van der Waals surface area contributed by atoms with Crippen molar-refractivity contribution in [2.75, 3.05) is 13.3 Å². The molecule has 1 heterocycles. The first-order chi connectivity index (χ1) is 10.4. The van der Waals surface area contributed by atoms with Crippen molar-refractivity contribution in [3.05, 3.63) is 46.8 Å². The molecule has 7 heteroatoms. The molecule has 1 aliphatic heterocycles. The van der Waals surface area contributed by atoms with Crippen molar-refractivity contribution in [2.45, 2.75) is 11.8 Å². The molecule has 0 aliphatic carbocycles. The van der Waals surface area contributed by atoms with E-state index in [0.29, 0.717) is 0 Å². The largest absolute Gasteiger partial charge is 0.481 e. The van der Waals surface area contributed by atoms with Crippen LogP contribution in [-0.4, -0.2) is 46.3 Å². The average Bonchev–Trinajstić information content (AvgIpc) is 2.71. The van der Waals surface area contributed by atoms with Crippen molar-refractivity contribution in [1.29, 1.82) is 0 Å². The number of halogens is 1. The molecule has 0 aromatic heterocycles. The summed E-state index contributed by atoms with van der Waals surface area (Å²) < 4.78 is 13.0. The van der Waals surface area contributed by atoms with Gasteiger partial charge in [-0.05, 0) is 30.5 Å². The van der Waals surface area contributed by atoms with Gasteiger partial charge in [-0.25, -0.2) is 4.39 Å². The zero-order valence-corrected chi connectivity index (χ0v) is 12.8. The molecular formula is C15H14FNO4S. The third-order valence-electron chi connectivity index (χ3n) is 3.40. The van der Waals surface area contributed by atoms with Crippen LogP contribution in [0.25, 0.3) is 0 Å². The van der Waals surface area contributed by atoms with Gasteiger partial charge in [-0.1, -0.05) is 0 Å². The number of carbonyl (C=O) groups is 3. The van der Waals surface area contributed by atoms with E-state index in [-0.39, 0.29) is 16.7 Å². The summed E-state index contributed by atoms with van der Waals surface area (Å²) in [5.74, 6) is -2.57. The third kappa shape index (κ3) is 2.89. The van der Waals surface area contributed by atoms with Gasteiger partial charge in [-0.2, -0.15) is 0 Å². The normalized spacial score (nSPS) is 18.0. The minimum atomic E-state index is -1.18. The van der Waals surface area contributed by atoms with Gasteiger partial charge in [0.2, 0.25) is 0 Å². The van der Waals surface area contributed by atoms with Crippen LogP contribution in [0.4, 0.5) is 4.39 Å². The molecule has 116 valence electrons. The lowest BCUT2D eigenvalue weighted by molar-refractivity contribution is -0.137. The fourth-order valence-corrected chi connectivity index (χ4v) is 3.28. The van der Waals surface area contributed by atoms with Gasteiger partial charge < -0.3 is 10.0 Å². The summed E-state index contributed by atoms with van der Waals surface area (Å²) in [6.45, 7) is 0. The first-order valence-electron chi connectivity index (χ1n) is 6.42. The van der Waals surface area contributed by atoms with E-state index in [1.54, 1.807) is 6.26 Å². The predicted molar refractivity (Wildman–Crippen MR) is 80.1 cm³/mol. The van der Waals surface area contributed by atoms with Crippen LogP contribution in [0.2, 0.25) is 0 Å². The first-order valence-corrected chi connectivity index (χ1v) is 7.70. The lowest BCUT2D eigenvalue weighted by Gasteiger charge is -2.20.